The van der Waals surface area contributed by atoms with Gasteiger partial charge >= 0.3 is 0 Å². The largest absolute Gasteiger partial charge is 0.454 e. The molecule has 3 aromatic rings. The third-order valence-electron chi connectivity index (χ3n) is 4.16. The van der Waals surface area contributed by atoms with Crippen LogP contribution in [0.1, 0.15) is 11.3 Å². The maximum Gasteiger partial charge on any atom is 0.244 e. The van der Waals surface area contributed by atoms with E-state index in [0.717, 1.165) is 11.3 Å². The lowest BCUT2D eigenvalue weighted by Gasteiger charge is -2.07. The highest BCUT2D eigenvalue weighted by molar-refractivity contribution is 5.91. The molecule has 9 heteroatoms. The summed E-state index contributed by atoms with van der Waals surface area (Å²) in [6.45, 7) is 3.12. The smallest absolute Gasteiger partial charge is 0.244 e. The molecule has 0 spiro atoms. The van der Waals surface area contributed by atoms with Gasteiger partial charge in [-0.05, 0) is 36.8 Å². The third kappa shape index (κ3) is 4.70. The lowest BCUT2D eigenvalue weighted by Crippen LogP contribution is -2.27. The van der Waals surface area contributed by atoms with Crippen LogP contribution in [0.25, 0.3) is 11.9 Å². The number of rotatable bonds is 7. The number of anilines is 1. The van der Waals surface area contributed by atoms with Gasteiger partial charge in [-0.25, -0.2) is 14.6 Å². The standard InChI is InChI=1S/C20H20N6O3/c1-14-6-9-26(25-14)19-11-18(23-12-24-19)21-7-8-22-20(27)5-3-15-2-4-16-17(10-15)29-13-28-16/h2-6,9-12H,7-8,13H2,1H3,(H,22,27)(H,21,23,24)/b5-3+. The van der Waals surface area contributed by atoms with Crippen LogP contribution in [0.2, 0.25) is 0 Å². The number of carbonyl (C=O) groups excluding carboxylic acids is 1. The van der Waals surface area contributed by atoms with Crippen molar-refractivity contribution in [3.63, 3.8) is 0 Å². The fourth-order valence-corrected chi connectivity index (χ4v) is 2.74. The van der Waals surface area contributed by atoms with E-state index in [4.69, 9.17) is 9.47 Å². The fraction of sp³-hybridized carbons (Fsp3) is 0.200. The van der Waals surface area contributed by atoms with Gasteiger partial charge in [-0.3, -0.25) is 4.79 Å². The van der Waals surface area contributed by atoms with Gasteiger partial charge in [-0.1, -0.05) is 6.07 Å². The maximum atomic E-state index is 12.0. The molecule has 4 rings (SSSR count). The first-order chi connectivity index (χ1) is 14.2. The minimum Gasteiger partial charge on any atom is -0.454 e. The molecule has 0 fully saturated rings. The van der Waals surface area contributed by atoms with E-state index in [9.17, 15) is 4.79 Å². The van der Waals surface area contributed by atoms with Crippen LogP contribution in [0.3, 0.4) is 0 Å². The molecule has 3 heterocycles. The monoisotopic (exact) mass is 392 g/mol. The number of nitrogens with zero attached hydrogens (tertiary/aromatic N) is 4. The summed E-state index contributed by atoms with van der Waals surface area (Å²) < 4.78 is 12.3. The molecule has 1 aliphatic rings. The van der Waals surface area contributed by atoms with Crippen LogP contribution in [-0.4, -0.2) is 45.5 Å². The van der Waals surface area contributed by atoms with Crippen molar-refractivity contribution in [3.8, 4) is 17.3 Å². The van der Waals surface area contributed by atoms with Gasteiger partial charge in [0.05, 0.1) is 5.69 Å². The van der Waals surface area contributed by atoms with Crippen LogP contribution in [0.15, 0.2) is 48.9 Å². The molecule has 0 bridgehead atoms. The first-order valence-corrected chi connectivity index (χ1v) is 9.11. The van der Waals surface area contributed by atoms with Crippen LogP contribution in [0.4, 0.5) is 5.82 Å². The Morgan fingerprint density at radius 2 is 2.07 bits per heavy atom. The van der Waals surface area contributed by atoms with Gasteiger partial charge in [0.15, 0.2) is 17.3 Å². The molecule has 0 atom stereocenters. The Bertz CT molecular complexity index is 1050. The van der Waals surface area contributed by atoms with E-state index in [1.807, 2.05) is 37.4 Å². The predicted octanol–water partition coefficient (Wildman–Crippen LogP) is 1.94. The van der Waals surface area contributed by atoms with Crippen molar-refractivity contribution in [3.05, 3.63) is 60.2 Å². The summed E-state index contributed by atoms with van der Waals surface area (Å²) in [5.74, 6) is 2.55. The van der Waals surface area contributed by atoms with E-state index in [1.165, 1.54) is 12.4 Å². The second kappa shape index (κ2) is 8.42. The van der Waals surface area contributed by atoms with Crippen molar-refractivity contribution < 1.29 is 14.3 Å². The fourth-order valence-electron chi connectivity index (χ4n) is 2.74. The van der Waals surface area contributed by atoms with Gasteiger partial charge in [0.1, 0.15) is 12.1 Å². The minimum absolute atomic E-state index is 0.181. The summed E-state index contributed by atoms with van der Waals surface area (Å²) in [6, 6.07) is 9.23. The first-order valence-electron chi connectivity index (χ1n) is 9.11. The zero-order chi connectivity index (χ0) is 20.1. The molecule has 2 N–H and O–H groups in total. The number of ether oxygens (including phenoxy) is 2. The number of amides is 1. The molecule has 1 aliphatic heterocycles. The van der Waals surface area contributed by atoms with Crippen molar-refractivity contribution in [1.29, 1.82) is 0 Å². The molecule has 0 saturated carbocycles. The van der Waals surface area contributed by atoms with Crippen molar-refractivity contribution in [2.45, 2.75) is 6.92 Å². The van der Waals surface area contributed by atoms with Gasteiger partial charge in [-0.2, -0.15) is 5.10 Å². The molecule has 0 radical (unpaired) electrons. The number of benzene rings is 1. The molecular weight excluding hydrogens is 372 g/mol. The molecule has 1 aromatic carbocycles. The highest BCUT2D eigenvalue weighted by Gasteiger charge is 2.12. The summed E-state index contributed by atoms with van der Waals surface area (Å²) in [4.78, 5) is 20.4. The molecule has 0 saturated heterocycles. The second-order valence-electron chi connectivity index (χ2n) is 6.33. The topological polar surface area (TPSA) is 103 Å². The molecule has 9 nitrogen and oxygen atoms in total. The van der Waals surface area contributed by atoms with Crippen LogP contribution in [0, 0.1) is 6.92 Å². The number of aryl methyl sites for hydroxylation is 1. The molecule has 1 amide bonds. The number of fused-ring (bicyclic) bond motifs is 1. The number of nitrogens with one attached hydrogen (secondary N) is 2. The number of hydrogen-bond acceptors (Lipinski definition) is 7. The Morgan fingerprint density at radius 3 is 2.93 bits per heavy atom. The second-order valence-corrected chi connectivity index (χ2v) is 6.33. The zero-order valence-electron chi connectivity index (χ0n) is 15.8. The van der Waals surface area contributed by atoms with Crippen LogP contribution < -0.4 is 20.1 Å². The highest BCUT2D eigenvalue weighted by Crippen LogP contribution is 2.32. The predicted molar refractivity (Wildman–Crippen MR) is 107 cm³/mol. The van der Waals surface area contributed by atoms with Crippen LogP contribution in [0.5, 0.6) is 11.5 Å². The third-order valence-corrected chi connectivity index (χ3v) is 4.16. The summed E-state index contributed by atoms with van der Waals surface area (Å²) in [5.41, 5.74) is 1.78. The number of hydrogen-bond donors (Lipinski definition) is 2. The van der Waals surface area contributed by atoms with E-state index in [1.54, 1.807) is 16.8 Å². The first kappa shape index (κ1) is 18.5. The normalized spacial score (nSPS) is 12.3. The quantitative estimate of drug-likeness (QED) is 0.468. The van der Waals surface area contributed by atoms with E-state index in [2.05, 4.69) is 25.7 Å². The Kier molecular flexibility index (Phi) is 5.37. The van der Waals surface area contributed by atoms with E-state index in [0.29, 0.717) is 36.2 Å². The van der Waals surface area contributed by atoms with E-state index in [-0.39, 0.29) is 12.7 Å². The van der Waals surface area contributed by atoms with Gasteiger partial charge in [0.2, 0.25) is 12.7 Å². The lowest BCUT2D eigenvalue weighted by atomic mass is 10.2. The Balaban J connectivity index is 1.24. The average Bonchev–Trinajstić information content (AvgIpc) is 3.38. The van der Waals surface area contributed by atoms with Gasteiger partial charge in [0.25, 0.3) is 0 Å². The molecule has 0 unspecified atom stereocenters. The van der Waals surface area contributed by atoms with Gasteiger partial charge < -0.3 is 20.1 Å². The van der Waals surface area contributed by atoms with Crippen LogP contribution in [-0.2, 0) is 4.79 Å². The zero-order valence-corrected chi connectivity index (χ0v) is 15.8. The highest BCUT2D eigenvalue weighted by atomic mass is 16.7. The summed E-state index contributed by atoms with van der Waals surface area (Å²) >= 11 is 0. The Morgan fingerprint density at radius 1 is 1.17 bits per heavy atom. The number of aromatic nitrogens is 4. The molecular formula is C20H20N6O3. The van der Waals surface area contributed by atoms with Crippen molar-refractivity contribution in [2.24, 2.45) is 0 Å². The lowest BCUT2D eigenvalue weighted by molar-refractivity contribution is -0.116. The van der Waals surface area contributed by atoms with Crippen molar-refractivity contribution in [1.82, 2.24) is 25.1 Å². The van der Waals surface area contributed by atoms with Crippen LogP contribution >= 0.6 is 0 Å². The van der Waals surface area contributed by atoms with Crippen molar-refractivity contribution in [2.75, 3.05) is 25.2 Å². The maximum absolute atomic E-state index is 12.0. The Hall–Kier alpha value is -3.88. The minimum atomic E-state index is -0.181. The number of carbonyl (C=O) groups is 1. The molecule has 0 aliphatic carbocycles. The summed E-state index contributed by atoms with van der Waals surface area (Å²) in [6.07, 6.45) is 6.53. The van der Waals surface area contributed by atoms with Crippen molar-refractivity contribution >= 4 is 17.8 Å². The van der Waals surface area contributed by atoms with E-state index >= 15 is 0 Å². The molecule has 29 heavy (non-hydrogen) atoms. The van der Waals surface area contributed by atoms with Gasteiger partial charge in [0, 0.05) is 31.4 Å². The van der Waals surface area contributed by atoms with E-state index < -0.39 is 0 Å². The summed E-state index contributed by atoms with van der Waals surface area (Å²) in [5, 5.41) is 10.3. The summed E-state index contributed by atoms with van der Waals surface area (Å²) in [7, 11) is 0. The SMILES string of the molecule is Cc1ccn(-c2cc(NCCNC(=O)/C=C/c3ccc4c(c3)OCO4)ncn2)n1. The van der Waals surface area contributed by atoms with Gasteiger partial charge in [-0.15, -0.1) is 0 Å². The Labute approximate surface area is 167 Å². The molecule has 2 aromatic heterocycles. The average molecular weight is 392 g/mol. The molecule has 148 valence electrons.